The summed E-state index contributed by atoms with van der Waals surface area (Å²) in [6, 6.07) is 10.4. The predicted molar refractivity (Wildman–Crippen MR) is 126 cm³/mol. The molecule has 1 aliphatic carbocycles. The standard InChI is InChI=1S/C25H40N4O2/c1-3-31-16-14-25(12-7-8-13-25)20-28-24(26-2)27-18-22-17-23(30)29(19-22)15-11-21-9-5-4-6-10-21/h4-6,9-10,22H,3,7-8,11-20H2,1-2H3,(H2,26,27,28). The van der Waals surface area contributed by atoms with E-state index in [1.54, 1.807) is 0 Å². The van der Waals surface area contributed by atoms with Gasteiger partial charge in [0.25, 0.3) is 0 Å². The lowest BCUT2D eigenvalue weighted by molar-refractivity contribution is -0.127. The third kappa shape index (κ3) is 7.23. The summed E-state index contributed by atoms with van der Waals surface area (Å²) in [5.74, 6) is 1.45. The van der Waals surface area contributed by atoms with Crippen molar-refractivity contribution in [3.8, 4) is 0 Å². The first-order chi connectivity index (χ1) is 15.1. The summed E-state index contributed by atoms with van der Waals surface area (Å²) in [4.78, 5) is 18.9. The number of aliphatic imine (C=N–C) groups is 1. The number of nitrogens with one attached hydrogen (secondary N) is 2. The zero-order valence-electron chi connectivity index (χ0n) is 19.4. The van der Waals surface area contributed by atoms with Crippen LogP contribution in [0, 0.1) is 11.3 Å². The van der Waals surface area contributed by atoms with Crippen LogP contribution in [0.5, 0.6) is 0 Å². The fourth-order valence-corrected chi connectivity index (χ4v) is 4.92. The molecule has 6 nitrogen and oxygen atoms in total. The molecule has 1 atom stereocenters. The highest BCUT2D eigenvalue weighted by atomic mass is 16.5. The highest BCUT2D eigenvalue weighted by Gasteiger charge is 2.34. The van der Waals surface area contributed by atoms with E-state index in [1.807, 2.05) is 18.0 Å². The minimum atomic E-state index is 0.270. The molecule has 2 N–H and O–H groups in total. The van der Waals surface area contributed by atoms with E-state index in [4.69, 9.17) is 4.74 Å². The van der Waals surface area contributed by atoms with Gasteiger partial charge in [-0.3, -0.25) is 9.79 Å². The molecule has 0 spiro atoms. The minimum absolute atomic E-state index is 0.270. The fourth-order valence-electron chi connectivity index (χ4n) is 4.92. The second-order valence-corrected chi connectivity index (χ2v) is 9.11. The first-order valence-corrected chi connectivity index (χ1v) is 12.0. The third-order valence-electron chi connectivity index (χ3n) is 6.87. The number of nitrogens with zero attached hydrogens (tertiary/aromatic N) is 2. The molecule has 0 bridgehead atoms. The summed E-state index contributed by atoms with van der Waals surface area (Å²) < 4.78 is 5.63. The van der Waals surface area contributed by atoms with Crippen LogP contribution in [0.1, 0.15) is 51.0 Å². The zero-order chi connectivity index (χ0) is 21.9. The largest absolute Gasteiger partial charge is 0.382 e. The minimum Gasteiger partial charge on any atom is -0.382 e. The van der Waals surface area contributed by atoms with Crippen LogP contribution in [0.4, 0.5) is 0 Å². The normalized spacial score (nSPS) is 21.0. The van der Waals surface area contributed by atoms with Crippen molar-refractivity contribution in [3.05, 3.63) is 35.9 Å². The molecule has 0 aromatic heterocycles. The van der Waals surface area contributed by atoms with E-state index in [0.29, 0.717) is 17.8 Å². The Bertz CT molecular complexity index is 701. The number of rotatable bonds is 11. The van der Waals surface area contributed by atoms with E-state index >= 15 is 0 Å². The summed E-state index contributed by atoms with van der Waals surface area (Å²) in [6.07, 6.45) is 7.79. The van der Waals surface area contributed by atoms with Crippen LogP contribution in [-0.2, 0) is 16.0 Å². The predicted octanol–water partition coefficient (Wildman–Crippen LogP) is 3.23. The summed E-state index contributed by atoms with van der Waals surface area (Å²) in [7, 11) is 1.82. The average molecular weight is 429 g/mol. The number of hydrogen-bond acceptors (Lipinski definition) is 3. The Morgan fingerprint density at radius 2 is 2.00 bits per heavy atom. The van der Waals surface area contributed by atoms with Crippen molar-refractivity contribution in [2.45, 2.75) is 51.9 Å². The van der Waals surface area contributed by atoms with Crippen molar-refractivity contribution in [1.82, 2.24) is 15.5 Å². The molecule has 31 heavy (non-hydrogen) atoms. The Kier molecular flexibility index (Phi) is 9.19. The molecule has 1 saturated heterocycles. The molecule has 2 aliphatic rings. The third-order valence-corrected chi connectivity index (χ3v) is 6.87. The molecule has 2 fully saturated rings. The van der Waals surface area contributed by atoms with E-state index in [2.05, 4.69) is 46.8 Å². The van der Waals surface area contributed by atoms with Crippen molar-refractivity contribution < 1.29 is 9.53 Å². The molecule has 1 unspecified atom stereocenters. The summed E-state index contributed by atoms with van der Waals surface area (Å²) in [6.45, 7) is 7.03. The second kappa shape index (κ2) is 12.1. The van der Waals surface area contributed by atoms with Gasteiger partial charge in [0.2, 0.25) is 5.91 Å². The maximum atomic E-state index is 12.4. The first kappa shape index (κ1) is 23.6. The van der Waals surface area contributed by atoms with Gasteiger partial charge >= 0.3 is 0 Å². The van der Waals surface area contributed by atoms with Gasteiger partial charge in [0.05, 0.1) is 0 Å². The molecule has 1 amide bonds. The lowest BCUT2D eigenvalue weighted by Crippen LogP contribution is -2.45. The van der Waals surface area contributed by atoms with Gasteiger partial charge in [0.1, 0.15) is 0 Å². The summed E-state index contributed by atoms with van der Waals surface area (Å²) >= 11 is 0. The highest BCUT2D eigenvalue weighted by Crippen LogP contribution is 2.40. The second-order valence-electron chi connectivity index (χ2n) is 9.11. The number of benzene rings is 1. The Morgan fingerprint density at radius 3 is 2.71 bits per heavy atom. The monoisotopic (exact) mass is 428 g/mol. The van der Waals surface area contributed by atoms with E-state index in [-0.39, 0.29) is 5.91 Å². The van der Waals surface area contributed by atoms with Gasteiger partial charge in [0.15, 0.2) is 5.96 Å². The van der Waals surface area contributed by atoms with Gasteiger partial charge < -0.3 is 20.3 Å². The molecule has 172 valence electrons. The van der Waals surface area contributed by atoms with Crippen LogP contribution in [0.3, 0.4) is 0 Å². The van der Waals surface area contributed by atoms with Crippen molar-refractivity contribution in [2.24, 2.45) is 16.3 Å². The molecule has 0 radical (unpaired) electrons. The number of amides is 1. The SMILES string of the molecule is CCOCCC1(CNC(=NC)NCC2CC(=O)N(CCc3ccccc3)C2)CCCC1. The van der Waals surface area contributed by atoms with Crippen LogP contribution in [-0.4, -0.2) is 63.2 Å². The first-order valence-electron chi connectivity index (χ1n) is 12.0. The quantitative estimate of drug-likeness (QED) is 0.323. The number of guanidine groups is 1. The van der Waals surface area contributed by atoms with Gasteiger partial charge in [-0.2, -0.15) is 0 Å². The molecule has 1 heterocycles. The number of carbonyl (C=O) groups excluding carboxylic acids is 1. The fraction of sp³-hybridized carbons (Fsp3) is 0.680. The van der Waals surface area contributed by atoms with Crippen molar-refractivity contribution in [3.63, 3.8) is 0 Å². The number of carbonyl (C=O) groups is 1. The van der Waals surface area contributed by atoms with E-state index in [0.717, 1.165) is 58.2 Å². The molecule has 1 saturated carbocycles. The number of ether oxygens (including phenoxy) is 1. The van der Waals surface area contributed by atoms with Crippen LogP contribution >= 0.6 is 0 Å². The molecule has 6 heteroatoms. The van der Waals surface area contributed by atoms with Gasteiger partial charge in [-0.1, -0.05) is 43.2 Å². The van der Waals surface area contributed by atoms with Crippen molar-refractivity contribution in [2.75, 3.05) is 46.4 Å². The zero-order valence-corrected chi connectivity index (χ0v) is 19.4. The van der Waals surface area contributed by atoms with Gasteiger partial charge in [-0.25, -0.2) is 0 Å². The Morgan fingerprint density at radius 1 is 1.23 bits per heavy atom. The van der Waals surface area contributed by atoms with Crippen molar-refractivity contribution in [1.29, 1.82) is 0 Å². The van der Waals surface area contributed by atoms with Crippen LogP contribution in [0.15, 0.2) is 35.3 Å². The molecule has 3 rings (SSSR count). The summed E-state index contributed by atoms with van der Waals surface area (Å²) in [5, 5.41) is 7.02. The lowest BCUT2D eigenvalue weighted by atomic mass is 9.83. The highest BCUT2D eigenvalue weighted by molar-refractivity contribution is 5.80. The van der Waals surface area contributed by atoms with Crippen LogP contribution < -0.4 is 10.6 Å². The number of likely N-dealkylation sites (tertiary alicyclic amines) is 1. The Hall–Kier alpha value is -2.08. The van der Waals surface area contributed by atoms with E-state index < -0.39 is 0 Å². The van der Waals surface area contributed by atoms with Gasteiger partial charge in [-0.15, -0.1) is 0 Å². The molecule has 1 aliphatic heterocycles. The lowest BCUT2D eigenvalue weighted by Gasteiger charge is -2.30. The van der Waals surface area contributed by atoms with Gasteiger partial charge in [0, 0.05) is 58.8 Å². The van der Waals surface area contributed by atoms with Crippen LogP contribution in [0.25, 0.3) is 0 Å². The molecule has 1 aromatic rings. The maximum Gasteiger partial charge on any atom is 0.223 e. The molecular weight excluding hydrogens is 388 g/mol. The Labute approximate surface area is 187 Å². The van der Waals surface area contributed by atoms with E-state index in [9.17, 15) is 4.79 Å². The Balaban J connectivity index is 1.40. The number of hydrogen-bond donors (Lipinski definition) is 2. The smallest absolute Gasteiger partial charge is 0.223 e. The molecular formula is C25H40N4O2. The summed E-state index contributed by atoms with van der Waals surface area (Å²) in [5.41, 5.74) is 1.61. The molecule has 1 aromatic carbocycles. The topological polar surface area (TPSA) is 66.0 Å². The van der Waals surface area contributed by atoms with Crippen molar-refractivity contribution >= 4 is 11.9 Å². The maximum absolute atomic E-state index is 12.4. The average Bonchev–Trinajstić information content (AvgIpc) is 3.40. The van der Waals surface area contributed by atoms with Gasteiger partial charge in [-0.05, 0) is 43.6 Å². The van der Waals surface area contributed by atoms with E-state index in [1.165, 1.54) is 31.2 Å². The van der Waals surface area contributed by atoms with Crippen LogP contribution in [0.2, 0.25) is 0 Å².